The molecule has 150 valence electrons. The number of anilines is 1. The van der Waals surface area contributed by atoms with Gasteiger partial charge in [-0.15, -0.1) is 11.8 Å². The molecule has 0 bridgehead atoms. The van der Waals surface area contributed by atoms with Crippen LogP contribution in [0.4, 0.5) is 5.69 Å². The normalized spacial score (nSPS) is 15.0. The van der Waals surface area contributed by atoms with E-state index in [1.54, 1.807) is 18.2 Å². The van der Waals surface area contributed by atoms with E-state index in [0.717, 1.165) is 4.90 Å². The van der Waals surface area contributed by atoms with Crippen LogP contribution in [0, 0.1) is 11.3 Å². The second kappa shape index (κ2) is 9.80. The van der Waals surface area contributed by atoms with Crippen molar-refractivity contribution in [2.24, 2.45) is 0 Å². The Hall–Kier alpha value is -3.25. The van der Waals surface area contributed by atoms with Gasteiger partial charge in [0.15, 0.2) is 6.61 Å². The molecule has 0 spiro atoms. The van der Waals surface area contributed by atoms with Gasteiger partial charge < -0.3 is 19.4 Å². The highest BCUT2D eigenvalue weighted by Gasteiger charge is 2.29. The molecule has 1 aromatic heterocycles. The summed E-state index contributed by atoms with van der Waals surface area (Å²) in [6.07, 6.45) is 1.50. The van der Waals surface area contributed by atoms with Gasteiger partial charge in [0, 0.05) is 11.4 Å². The van der Waals surface area contributed by atoms with E-state index in [1.807, 2.05) is 24.3 Å². The van der Waals surface area contributed by atoms with Gasteiger partial charge in [-0.1, -0.05) is 12.1 Å². The molecule has 2 heterocycles. The molecule has 0 saturated carbocycles. The van der Waals surface area contributed by atoms with Crippen LogP contribution in [0.5, 0.6) is 0 Å². The van der Waals surface area contributed by atoms with Crippen LogP contribution in [-0.2, 0) is 25.7 Å². The van der Waals surface area contributed by atoms with Gasteiger partial charge in [0.1, 0.15) is 5.76 Å². The smallest absolute Gasteiger partial charge is 0.307 e. The fourth-order valence-corrected chi connectivity index (χ4v) is 3.83. The third-order valence-corrected chi connectivity index (χ3v) is 5.46. The zero-order valence-electron chi connectivity index (χ0n) is 15.5. The number of hydrogen-bond donors (Lipinski definition) is 1. The summed E-state index contributed by atoms with van der Waals surface area (Å²) < 4.78 is 10.3. The molecule has 9 heteroatoms. The average Bonchev–Trinajstić information content (AvgIpc) is 3.23. The van der Waals surface area contributed by atoms with Crippen molar-refractivity contribution in [1.82, 2.24) is 4.90 Å². The number of thioether (sulfide) groups is 1. The van der Waals surface area contributed by atoms with Gasteiger partial charge in [0.25, 0.3) is 5.91 Å². The number of para-hydroxylation sites is 1. The summed E-state index contributed by atoms with van der Waals surface area (Å²) >= 11 is 1.29. The first kappa shape index (κ1) is 20.5. The SMILES string of the molecule is N#CCCN(Cc1ccco1)C(=O)COC(=O)C[C@H]1Sc2ccccc2NC1=O. The van der Waals surface area contributed by atoms with Gasteiger partial charge >= 0.3 is 5.97 Å². The van der Waals surface area contributed by atoms with Crippen molar-refractivity contribution in [2.45, 2.75) is 29.5 Å². The molecular weight excluding hydrogens is 394 g/mol. The van der Waals surface area contributed by atoms with Crippen molar-refractivity contribution in [3.05, 3.63) is 48.4 Å². The number of benzene rings is 1. The average molecular weight is 413 g/mol. The summed E-state index contributed by atoms with van der Waals surface area (Å²) in [5.74, 6) is -0.776. The molecule has 0 unspecified atom stereocenters. The number of furan rings is 1. The maximum Gasteiger partial charge on any atom is 0.307 e. The van der Waals surface area contributed by atoms with E-state index in [2.05, 4.69) is 5.32 Å². The van der Waals surface area contributed by atoms with E-state index < -0.39 is 23.7 Å². The number of nitriles is 1. The van der Waals surface area contributed by atoms with Gasteiger partial charge in [-0.2, -0.15) is 5.26 Å². The highest BCUT2D eigenvalue weighted by atomic mass is 32.2. The monoisotopic (exact) mass is 413 g/mol. The van der Waals surface area contributed by atoms with E-state index in [4.69, 9.17) is 14.4 Å². The maximum atomic E-state index is 12.4. The molecule has 1 atom stereocenters. The lowest BCUT2D eigenvalue weighted by Crippen LogP contribution is -2.36. The Labute approximate surface area is 171 Å². The number of amides is 2. The zero-order chi connectivity index (χ0) is 20.6. The van der Waals surface area contributed by atoms with Gasteiger partial charge in [-0.25, -0.2) is 0 Å². The van der Waals surface area contributed by atoms with Crippen LogP contribution in [0.1, 0.15) is 18.6 Å². The molecule has 2 amide bonds. The predicted octanol–water partition coefficient (Wildman–Crippen LogP) is 2.57. The Balaban J connectivity index is 1.51. The highest BCUT2D eigenvalue weighted by Crippen LogP contribution is 2.36. The minimum absolute atomic E-state index is 0.144. The maximum absolute atomic E-state index is 12.4. The predicted molar refractivity (Wildman–Crippen MR) is 105 cm³/mol. The summed E-state index contributed by atoms with van der Waals surface area (Å²) in [4.78, 5) is 39.0. The summed E-state index contributed by atoms with van der Waals surface area (Å²) in [6.45, 7) is -0.0749. The van der Waals surface area contributed by atoms with Crippen LogP contribution in [-0.4, -0.2) is 41.1 Å². The number of ether oxygens (including phenoxy) is 1. The van der Waals surface area contributed by atoms with Crippen LogP contribution < -0.4 is 5.32 Å². The Kier molecular flexibility index (Phi) is 6.92. The van der Waals surface area contributed by atoms with Crippen molar-refractivity contribution in [3.63, 3.8) is 0 Å². The number of nitrogens with one attached hydrogen (secondary N) is 1. The quantitative estimate of drug-likeness (QED) is 0.662. The van der Waals surface area contributed by atoms with Crippen LogP contribution >= 0.6 is 11.8 Å². The van der Waals surface area contributed by atoms with E-state index in [1.165, 1.54) is 22.9 Å². The lowest BCUT2D eigenvalue weighted by molar-refractivity contribution is -0.152. The topological polar surface area (TPSA) is 113 Å². The number of rotatable bonds is 8. The van der Waals surface area contributed by atoms with Gasteiger partial charge in [0.05, 0.1) is 42.7 Å². The largest absolute Gasteiger partial charge is 0.467 e. The molecule has 1 N–H and O–H groups in total. The highest BCUT2D eigenvalue weighted by molar-refractivity contribution is 8.01. The molecule has 0 radical (unpaired) electrons. The first-order chi connectivity index (χ1) is 14.1. The van der Waals surface area contributed by atoms with E-state index >= 15 is 0 Å². The number of hydrogen-bond acceptors (Lipinski definition) is 7. The Morgan fingerprint density at radius 2 is 2.10 bits per heavy atom. The van der Waals surface area contributed by atoms with Gasteiger partial charge in [-0.05, 0) is 24.3 Å². The number of esters is 1. The molecule has 0 fully saturated rings. The minimum atomic E-state index is -0.636. The van der Waals surface area contributed by atoms with Gasteiger partial charge in [0.2, 0.25) is 5.91 Å². The van der Waals surface area contributed by atoms with Crippen molar-refractivity contribution in [3.8, 4) is 6.07 Å². The zero-order valence-corrected chi connectivity index (χ0v) is 16.3. The van der Waals surface area contributed by atoms with E-state index in [9.17, 15) is 14.4 Å². The van der Waals surface area contributed by atoms with Crippen LogP contribution in [0.3, 0.4) is 0 Å². The number of fused-ring (bicyclic) bond motifs is 1. The summed E-state index contributed by atoms with van der Waals surface area (Å²) in [5.41, 5.74) is 0.716. The van der Waals surface area contributed by atoms with Crippen LogP contribution in [0.25, 0.3) is 0 Å². The standard InChI is InChI=1S/C20H19N3O5S/c21-8-4-9-23(12-14-5-3-10-27-14)18(24)13-28-19(25)11-17-20(26)22-15-6-1-2-7-16(15)29-17/h1-3,5-7,10,17H,4,9,11-13H2,(H,22,26)/t17-/m1/s1. The lowest BCUT2D eigenvalue weighted by Gasteiger charge is -2.23. The molecule has 3 rings (SSSR count). The number of nitrogens with zero attached hydrogens (tertiary/aromatic N) is 2. The minimum Gasteiger partial charge on any atom is -0.467 e. The van der Waals surface area contributed by atoms with Crippen LogP contribution in [0.2, 0.25) is 0 Å². The third kappa shape index (κ3) is 5.62. The number of carbonyl (C=O) groups excluding carboxylic acids is 3. The lowest BCUT2D eigenvalue weighted by atomic mass is 10.2. The summed E-state index contributed by atoms with van der Waals surface area (Å²) in [6, 6.07) is 12.7. The van der Waals surface area contributed by atoms with Gasteiger partial charge in [-0.3, -0.25) is 14.4 Å². The Bertz CT molecular complexity index is 922. The molecule has 29 heavy (non-hydrogen) atoms. The summed E-state index contributed by atoms with van der Waals surface area (Å²) in [7, 11) is 0. The van der Waals surface area contributed by atoms with Crippen molar-refractivity contribution >= 4 is 35.2 Å². The first-order valence-corrected chi connectivity index (χ1v) is 9.84. The molecule has 0 saturated heterocycles. The molecule has 1 aliphatic rings. The molecule has 1 aromatic carbocycles. The molecule has 2 aromatic rings. The van der Waals surface area contributed by atoms with E-state index in [0.29, 0.717) is 11.4 Å². The van der Waals surface area contributed by atoms with E-state index in [-0.39, 0.29) is 31.8 Å². The van der Waals surface area contributed by atoms with Crippen molar-refractivity contribution < 1.29 is 23.5 Å². The fourth-order valence-electron chi connectivity index (χ4n) is 2.74. The van der Waals surface area contributed by atoms with Crippen molar-refractivity contribution in [1.29, 1.82) is 5.26 Å². The first-order valence-electron chi connectivity index (χ1n) is 8.96. The Morgan fingerprint density at radius 1 is 1.28 bits per heavy atom. The molecular formula is C20H19N3O5S. The second-order valence-electron chi connectivity index (χ2n) is 6.26. The van der Waals surface area contributed by atoms with Crippen LogP contribution in [0.15, 0.2) is 52.0 Å². The summed E-state index contributed by atoms with van der Waals surface area (Å²) in [5, 5.41) is 10.9. The number of carbonyl (C=O) groups is 3. The third-order valence-electron chi connectivity index (χ3n) is 4.19. The Morgan fingerprint density at radius 3 is 2.86 bits per heavy atom. The molecule has 8 nitrogen and oxygen atoms in total. The molecule has 0 aliphatic carbocycles. The van der Waals surface area contributed by atoms with Crippen molar-refractivity contribution in [2.75, 3.05) is 18.5 Å². The fraction of sp³-hybridized carbons (Fsp3) is 0.300. The second-order valence-corrected chi connectivity index (χ2v) is 7.50. The molecule has 1 aliphatic heterocycles.